The molecule has 2 nitrogen and oxygen atoms in total. The van der Waals surface area contributed by atoms with Gasteiger partial charge in [0.05, 0.1) is 12.8 Å². The molecule has 0 amide bonds. The molecule has 0 saturated carbocycles. The Morgan fingerprint density at radius 2 is 1.71 bits per heavy atom. The predicted octanol–water partition coefficient (Wildman–Crippen LogP) is 4.91. The van der Waals surface area contributed by atoms with Crippen molar-refractivity contribution in [1.82, 2.24) is 5.32 Å². The van der Waals surface area contributed by atoms with E-state index in [1.54, 1.807) is 6.26 Å². The number of nitrogens with one attached hydrogen (secondary N) is 1. The second-order valence-electron chi connectivity index (χ2n) is 5.77. The van der Waals surface area contributed by atoms with Gasteiger partial charge in [0.2, 0.25) is 0 Å². The molecule has 0 atom stereocenters. The predicted molar refractivity (Wildman–Crippen MR) is 88.4 cm³/mol. The highest BCUT2D eigenvalue weighted by Crippen LogP contribution is 2.33. The van der Waals surface area contributed by atoms with Gasteiger partial charge in [-0.1, -0.05) is 50.2 Å². The lowest BCUT2D eigenvalue weighted by atomic mass is 9.95. The van der Waals surface area contributed by atoms with E-state index >= 15 is 0 Å². The highest BCUT2D eigenvalue weighted by molar-refractivity contribution is 5.98. The number of hydrogen-bond acceptors (Lipinski definition) is 2. The minimum Gasteiger partial charge on any atom is -0.467 e. The molecule has 0 radical (unpaired) electrons. The Kier molecular flexibility index (Phi) is 3.80. The van der Waals surface area contributed by atoms with Gasteiger partial charge in [0.25, 0.3) is 0 Å². The van der Waals surface area contributed by atoms with Crippen LogP contribution in [-0.4, -0.2) is 6.04 Å². The van der Waals surface area contributed by atoms with Crippen molar-refractivity contribution in [3.63, 3.8) is 0 Å². The standard InChI is InChI=1S/C19H21NO/c1-13(2)20-12-19-18(10-11-21-19)17-9-8-14(3)15-6-4-5-7-16(15)17/h4-11,13,20H,12H2,1-3H3. The summed E-state index contributed by atoms with van der Waals surface area (Å²) in [4.78, 5) is 0. The van der Waals surface area contributed by atoms with Crippen molar-refractivity contribution < 1.29 is 4.42 Å². The molecule has 1 aromatic heterocycles. The van der Waals surface area contributed by atoms with Gasteiger partial charge >= 0.3 is 0 Å². The van der Waals surface area contributed by atoms with E-state index in [1.807, 2.05) is 0 Å². The van der Waals surface area contributed by atoms with E-state index in [0.29, 0.717) is 6.04 Å². The average molecular weight is 279 g/mol. The van der Waals surface area contributed by atoms with E-state index in [4.69, 9.17) is 4.42 Å². The van der Waals surface area contributed by atoms with Crippen LogP contribution in [0.1, 0.15) is 25.2 Å². The Balaban J connectivity index is 2.09. The first-order valence-corrected chi connectivity index (χ1v) is 7.45. The first kappa shape index (κ1) is 13.9. The maximum absolute atomic E-state index is 5.69. The molecule has 0 bridgehead atoms. The summed E-state index contributed by atoms with van der Waals surface area (Å²) in [6, 6.07) is 15.4. The van der Waals surface area contributed by atoms with Crippen LogP contribution in [0.15, 0.2) is 53.1 Å². The van der Waals surface area contributed by atoms with Crippen molar-refractivity contribution in [1.29, 1.82) is 0 Å². The molecule has 2 heteroatoms. The lowest BCUT2D eigenvalue weighted by Crippen LogP contribution is -2.21. The summed E-state index contributed by atoms with van der Waals surface area (Å²) in [5.41, 5.74) is 3.73. The van der Waals surface area contributed by atoms with Crippen LogP contribution in [0.2, 0.25) is 0 Å². The first-order chi connectivity index (χ1) is 10.2. The van der Waals surface area contributed by atoms with Crippen molar-refractivity contribution in [2.45, 2.75) is 33.4 Å². The second-order valence-corrected chi connectivity index (χ2v) is 5.77. The highest BCUT2D eigenvalue weighted by Gasteiger charge is 2.12. The van der Waals surface area contributed by atoms with Crippen LogP contribution < -0.4 is 5.32 Å². The topological polar surface area (TPSA) is 25.2 Å². The van der Waals surface area contributed by atoms with Gasteiger partial charge in [0.1, 0.15) is 5.76 Å². The van der Waals surface area contributed by atoms with Crippen LogP contribution in [0, 0.1) is 6.92 Å². The molecular weight excluding hydrogens is 258 g/mol. The van der Waals surface area contributed by atoms with Gasteiger partial charge in [0, 0.05) is 11.6 Å². The smallest absolute Gasteiger partial charge is 0.125 e. The third kappa shape index (κ3) is 2.72. The molecular formula is C19H21NO. The van der Waals surface area contributed by atoms with Crippen molar-refractivity contribution in [3.8, 4) is 11.1 Å². The average Bonchev–Trinajstić information content (AvgIpc) is 2.94. The number of hydrogen-bond donors (Lipinski definition) is 1. The van der Waals surface area contributed by atoms with Crippen LogP contribution in [-0.2, 0) is 6.54 Å². The van der Waals surface area contributed by atoms with Crippen LogP contribution in [0.5, 0.6) is 0 Å². The Bertz CT molecular complexity index is 755. The molecule has 3 rings (SSSR count). The normalized spacial score (nSPS) is 11.4. The molecule has 0 saturated heterocycles. The van der Waals surface area contributed by atoms with Gasteiger partial charge in [-0.3, -0.25) is 0 Å². The van der Waals surface area contributed by atoms with Gasteiger partial charge in [-0.2, -0.15) is 0 Å². The van der Waals surface area contributed by atoms with Crippen LogP contribution in [0.3, 0.4) is 0 Å². The molecule has 108 valence electrons. The molecule has 0 unspecified atom stereocenters. The lowest BCUT2D eigenvalue weighted by Gasteiger charge is -2.11. The van der Waals surface area contributed by atoms with E-state index in [1.165, 1.54) is 27.5 Å². The molecule has 0 spiro atoms. The van der Waals surface area contributed by atoms with Gasteiger partial charge in [-0.25, -0.2) is 0 Å². The van der Waals surface area contributed by atoms with Crippen molar-refractivity contribution in [2.24, 2.45) is 0 Å². The van der Waals surface area contributed by atoms with E-state index in [-0.39, 0.29) is 0 Å². The maximum Gasteiger partial charge on any atom is 0.125 e. The number of fused-ring (bicyclic) bond motifs is 1. The Morgan fingerprint density at radius 3 is 2.48 bits per heavy atom. The van der Waals surface area contributed by atoms with Gasteiger partial charge < -0.3 is 9.73 Å². The molecule has 0 aliphatic carbocycles. The van der Waals surface area contributed by atoms with E-state index in [0.717, 1.165) is 12.3 Å². The lowest BCUT2D eigenvalue weighted by molar-refractivity contribution is 0.466. The summed E-state index contributed by atoms with van der Waals surface area (Å²) < 4.78 is 5.69. The SMILES string of the molecule is Cc1ccc(-c2ccoc2CNC(C)C)c2ccccc12. The zero-order valence-corrected chi connectivity index (χ0v) is 12.8. The van der Waals surface area contributed by atoms with Gasteiger partial charge in [0.15, 0.2) is 0 Å². The largest absolute Gasteiger partial charge is 0.467 e. The Labute approximate surface area is 125 Å². The minimum absolute atomic E-state index is 0.442. The van der Waals surface area contributed by atoms with E-state index in [9.17, 15) is 0 Å². The summed E-state index contributed by atoms with van der Waals surface area (Å²) >= 11 is 0. The Hall–Kier alpha value is -2.06. The number of furan rings is 1. The molecule has 3 aromatic rings. The number of benzene rings is 2. The fraction of sp³-hybridized carbons (Fsp3) is 0.263. The number of aryl methyl sites for hydroxylation is 1. The molecule has 0 aliphatic heterocycles. The maximum atomic E-state index is 5.69. The van der Waals surface area contributed by atoms with Gasteiger partial charge in [-0.05, 0) is 34.9 Å². The van der Waals surface area contributed by atoms with E-state index in [2.05, 4.69) is 68.6 Å². The van der Waals surface area contributed by atoms with Gasteiger partial charge in [-0.15, -0.1) is 0 Å². The summed E-state index contributed by atoms with van der Waals surface area (Å²) in [7, 11) is 0. The molecule has 0 aliphatic rings. The first-order valence-electron chi connectivity index (χ1n) is 7.45. The van der Waals surface area contributed by atoms with Crippen LogP contribution in [0.25, 0.3) is 21.9 Å². The monoisotopic (exact) mass is 279 g/mol. The minimum atomic E-state index is 0.442. The van der Waals surface area contributed by atoms with Crippen molar-refractivity contribution in [2.75, 3.05) is 0 Å². The molecule has 0 fully saturated rings. The van der Waals surface area contributed by atoms with Crippen molar-refractivity contribution >= 4 is 10.8 Å². The summed E-state index contributed by atoms with van der Waals surface area (Å²) in [6.07, 6.45) is 1.78. The van der Waals surface area contributed by atoms with Crippen LogP contribution >= 0.6 is 0 Å². The zero-order chi connectivity index (χ0) is 14.8. The van der Waals surface area contributed by atoms with Crippen LogP contribution in [0.4, 0.5) is 0 Å². The summed E-state index contributed by atoms with van der Waals surface area (Å²) in [6.45, 7) is 7.19. The molecule has 21 heavy (non-hydrogen) atoms. The summed E-state index contributed by atoms with van der Waals surface area (Å²) in [5.74, 6) is 0.998. The zero-order valence-electron chi connectivity index (χ0n) is 12.8. The number of rotatable bonds is 4. The molecule has 1 heterocycles. The Morgan fingerprint density at radius 1 is 0.952 bits per heavy atom. The fourth-order valence-corrected chi connectivity index (χ4v) is 2.70. The molecule has 2 aromatic carbocycles. The third-order valence-electron chi connectivity index (χ3n) is 3.85. The second kappa shape index (κ2) is 5.74. The van der Waals surface area contributed by atoms with Crippen molar-refractivity contribution in [3.05, 3.63) is 60.1 Å². The summed E-state index contributed by atoms with van der Waals surface area (Å²) in [5, 5.41) is 6.01. The quantitative estimate of drug-likeness (QED) is 0.734. The fourth-order valence-electron chi connectivity index (χ4n) is 2.70. The highest BCUT2D eigenvalue weighted by atomic mass is 16.3. The van der Waals surface area contributed by atoms with E-state index < -0.39 is 0 Å². The third-order valence-corrected chi connectivity index (χ3v) is 3.85. The molecule has 1 N–H and O–H groups in total.